The number of anilines is 1. The van der Waals surface area contributed by atoms with Crippen LogP contribution in [0, 0.1) is 0 Å². The Morgan fingerprint density at radius 2 is 2.10 bits per heavy atom. The highest BCUT2D eigenvalue weighted by Gasteiger charge is 2.22. The van der Waals surface area contributed by atoms with E-state index in [1.807, 2.05) is 12.1 Å². The Morgan fingerprint density at radius 3 is 2.86 bits per heavy atom. The van der Waals surface area contributed by atoms with Gasteiger partial charge in [-0.15, -0.1) is 0 Å². The van der Waals surface area contributed by atoms with Gasteiger partial charge in [-0.25, -0.2) is 8.42 Å². The van der Waals surface area contributed by atoms with Gasteiger partial charge in [-0.2, -0.15) is 0 Å². The molecule has 1 aliphatic heterocycles. The first-order valence-electron chi connectivity index (χ1n) is 7.47. The van der Waals surface area contributed by atoms with E-state index in [1.165, 1.54) is 0 Å². The molecule has 0 saturated carbocycles. The summed E-state index contributed by atoms with van der Waals surface area (Å²) in [5, 5.41) is 4.09. The van der Waals surface area contributed by atoms with Crippen molar-refractivity contribution in [3.8, 4) is 0 Å². The summed E-state index contributed by atoms with van der Waals surface area (Å²) in [6, 6.07) is 5.88. The number of nitrogens with zero attached hydrogens (tertiary/aromatic N) is 1. The Balaban J connectivity index is 2.21. The molecule has 1 aliphatic rings. The fourth-order valence-corrected chi connectivity index (χ4v) is 4.20. The van der Waals surface area contributed by atoms with Gasteiger partial charge in [-0.3, -0.25) is 0 Å². The van der Waals surface area contributed by atoms with Crippen LogP contribution >= 0.6 is 11.6 Å². The quantitative estimate of drug-likeness (QED) is 0.843. The Bertz CT molecular complexity index is 575. The maximum atomic E-state index is 11.8. The number of para-hydroxylation sites is 1. The first-order chi connectivity index (χ1) is 10.0. The van der Waals surface area contributed by atoms with Crippen molar-refractivity contribution >= 4 is 27.1 Å². The van der Waals surface area contributed by atoms with E-state index >= 15 is 0 Å². The molecule has 2 rings (SSSR count). The molecule has 4 nitrogen and oxygen atoms in total. The molecule has 21 heavy (non-hydrogen) atoms. The van der Waals surface area contributed by atoms with Crippen molar-refractivity contribution < 1.29 is 8.42 Å². The van der Waals surface area contributed by atoms with E-state index in [9.17, 15) is 8.42 Å². The van der Waals surface area contributed by atoms with Crippen LogP contribution in [0.4, 0.5) is 5.69 Å². The van der Waals surface area contributed by atoms with Crippen molar-refractivity contribution in [2.45, 2.75) is 26.3 Å². The maximum Gasteiger partial charge on any atom is 0.152 e. The van der Waals surface area contributed by atoms with E-state index in [2.05, 4.69) is 23.2 Å². The number of benzene rings is 1. The molecule has 0 amide bonds. The maximum absolute atomic E-state index is 11.8. The van der Waals surface area contributed by atoms with Crippen molar-refractivity contribution in [2.24, 2.45) is 0 Å². The second kappa shape index (κ2) is 7.47. The summed E-state index contributed by atoms with van der Waals surface area (Å²) in [6.07, 6.45) is 1.74. The summed E-state index contributed by atoms with van der Waals surface area (Å²) in [4.78, 5) is 2.12. The van der Waals surface area contributed by atoms with Gasteiger partial charge in [0.05, 0.1) is 22.2 Å². The minimum Gasteiger partial charge on any atom is -0.369 e. The number of sulfone groups is 1. The summed E-state index contributed by atoms with van der Waals surface area (Å²) < 4.78 is 23.5. The topological polar surface area (TPSA) is 49.4 Å². The Hall–Kier alpha value is -0.780. The number of hydrogen-bond donors (Lipinski definition) is 1. The van der Waals surface area contributed by atoms with Crippen molar-refractivity contribution in [3.63, 3.8) is 0 Å². The fourth-order valence-electron chi connectivity index (χ4n) is 2.62. The molecule has 1 saturated heterocycles. The van der Waals surface area contributed by atoms with Crippen LogP contribution in [0.25, 0.3) is 0 Å². The number of halogens is 1. The molecule has 0 radical (unpaired) electrons. The molecule has 6 heteroatoms. The largest absolute Gasteiger partial charge is 0.369 e. The van der Waals surface area contributed by atoms with Gasteiger partial charge in [0, 0.05) is 19.6 Å². The number of rotatable bonds is 5. The van der Waals surface area contributed by atoms with Crippen molar-refractivity contribution in [1.29, 1.82) is 0 Å². The van der Waals surface area contributed by atoms with Gasteiger partial charge in [-0.1, -0.05) is 30.7 Å². The normalized spacial score (nSPS) is 18.5. The summed E-state index contributed by atoms with van der Waals surface area (Å²) in [6.45, 7) is 5.11. The van der Waals surface area contributed by atoms with Crippen LogP contribution in [0.3, 0.4) is 0 Å². The third kappa shape index (κ3) is 4.59. The summed E-state index contributed by atoms with van der Waals surface area (Å²) >= 11 is 6.38. The van der Waals surface area contributed by atoms with E-state index in [4.69, 9.17) is 11.6 Å². The van der Waals surface area contributed by atoms with Crippen LogP contribution < -0.4 is 10.2 Å². The van der Waals surface area contributed by atoms with Crippen LogP contribution in [0.15, 0.2) is 18.2 Å². The third-order valence-electron chi connectivity index (χ3n) is 3.68. The molecule has 0 bridgehead atoms. The molecular weight excluding hydrogens is 308 g/mol. The third-order valence-corrected chi connectivity index (χ3v) is 5.70. The molecule has 0 unspecified atom stereocenters. The minimum absolute atomic E-state index is 0.208. The Morgan fingerprint density at radius 1 is 1.29 bits per heavy atom. The van der Waals surface area contributed by atoms with Crippen LogP contribution in [-0.4, -0.2) is 39.6 Å². The SMILES string of the molecule is CCCNCc1cccc(Cl)c1N1CCCS(=O)(=O)CC1. The summed E-state index contributed by atoms with van der Waals surface area (Å²) in [7, 11) is -2.91. The molecule has 0 spiro atoms. The zero-order valence-electron chi connectivity index (χ0n) is 12.4. The summed E-state index contributed by atoms with van der Waals surface area (Å²) in [5.41, 5.74) is 2.12. The van der Waals surface area contributed by atoms with Crippen LogP contribution in [0.5, 0.6) is 0 Å². The van der Waals surface area contributed by atoms with Gasteiger partial charge in [0.15, 0.2) is 9.84 Å². The molecule has 1 N–H and O–H groups in total. The van der Waals surface area contributed by atoms with E-state index in [-0.39, 0.29) is 11.5 Å². The Kier molecular flexibility index (Phi) is 5.90. The fraction of sp³-hybridized carbons (Fsp3) is 0.600. The molecule has 0 atom stereocenters. The van der Waals surface area contributed by atoms with Crippen molar-refractivity contribution in [3.05, 3.63) is 28.8 Å². The highest BCUT2D eigenvalue weighted by molar-refractivity contribution is 7.91. The molecular formula is C15H23ClN2O2S. The van der Waals surface area contributed by atoms with Crippen LogP contribution in [0.2, 0.25) is 5.02 Å². The van der Waals surface area contributed by atoms with Crippen molar-refractivity contribution in [2.75, 3.05) is 36.0 Å². The zero-order chi connectivity index (χ0) is 15.3. The van der Waals surface area contributed by atoms with Gasteiger partial charge in [0.2, 0.25) is 0 Å². The smallest absolute Gasteiger partial charge is 0.152 e. The van der Waals surface area contributed by atoms with Crippen LogP contribution in [-0.2, 0) is 16.4 Å². The molecule has 118 valence electrons. The lowest BCUT2D eigenvalue weighted by molar-refractivity contribution is 0.597. The lowest BCUT2D eigenvalue weighted by atomic mass is 10.1. The standard InChI is InChI=1S/C15H23ClN2O2S/c1-2-7-17-12-13-5-3-6-14(16)15(13)18-8-4-10-21(19,20)11-9-18/h3,5-6,17H,2,4,7-12H2,1H3. The van der Waals surface area contributed by atoms with Crippen molar-refractivity contribution in [1.82, 2.24) is 5.32 Å². The summed E-state index contributed by atoms with van der Waals surface area (Å²) in [5.74, 6) is 0.484. The highest BCUT2D eigenvalue weighted by Crippen LogP contribution is 2.31. The second-order valence-corrected chi connectivity index (χ2v) is 8.13. The van der Waals surface area contributed by atoms with Gasteiger partial charge >= 0.3 is 0 Å². The first-order valence-corrected chi connectivity index (χ1v) is 9.67. The Labute approximate surface area is 132 Å². The average Bonchev–Trinajstić information content (AvgIpc) is 2.60. The minimum atomic E-state index is -2.91. The lowest BCUT2D eigenvalue weighted by Gasteiger charge is -2.26. The van der Waals surface area contributed by atoms with E-state index in [1.54, 1.807) is 0 Å². The van der Waals surface area contributed by atoms with Gasteiger partial charge in [-0.05, 0) is 31.0 Å². The lowest BCUT2D eigenvalue weighted by Crippen LogP contribution is -2.29. The van der Waals surface area contributed by atoms with E-state index in [0.717, 1.165) is 37.3 Å². The second-order valence-electron chi connectivity index (χ2n) is 5.42. The number of nitrogens with one attached hydrogen (secondary N) is 1. The monoisotopic (exact) mass is 330 g/mol. The van der Waals surface area contributed by atoms with E-state index < -0.39 is 9.84 Å². The predicted octanol–water partition coefficient (Wildman–Crippen LogP) is 2.46. The molecule has 1 heterocycles. The van der Waals surface area contributed by atoms with Gasteiger partial charge in [0.25, 0.3) is 0 Å². The molecule has 1 aromatic carbocycles. The number of hydrogen-bond acceptors (Lipinski definition) is 4. The molecule has 0 aromatic heterocycles. The highest BCUT2D eigenvalue weighted by atomic mass is 35.5. The first kappa shape index (κ1) is 16.6. The van der Waals surface area contributed by atoms with E-state index in [0.29, 0.717) is 18.0 Å². The molecule has 1 aromatic rings. The predicted molar refractivity (Wildman–Crippen MR) is 88.9 cm³/mol. The van der Waals surface area contributed by atoms with Gasteiger partial charge < -0.3 is 10.2 Å². The zero-order valence-corrected chi connectivity index (χ0v) is 14.0. The molecule has 1 fully saturated rings. The molecule has 0 aliphatic carbocycles. The average molecular weight is 331 g/mol. The van der Waals surface area contributed by atoms with Gasteiger partial charge in [0.1, 0.15) is 0 Å². The van der Waals surface area contributed by atoms with Crippen LogP contribution in [0.1, 0.15) is 25.3 Å².